The van der Waals surface area contributed by atoms with E-state index in [1.807, 2.05) is 13.8 Å². The molecule has 0 aliphatic carbocycles. The van der Waals surface area contributed by atoms with E-state index in [0.717, 1.165) is 6.42 Å². The van der Waals surface area contributed by atoms with Crippen LogP contribution in [-0.4, -0.2) is 29.9 Å². The standard InChI is InChI=1S/C10H18N2O/c1-4-8-12(5-2)10(13)7-6-9(3)11/h1,9H,5-8,11H2,2-3H3. The van der Waals surface area contributed by atoms with Crippen LogP contribution in [0.2, 0.25) is 0 Å². The molecule has 0 aromatic heterocycles. The van der Waals surface area contributed by atoms with Crippen LogP contribution in [-0.2, 0) is 4.79 Å². The van der Waals surface area contributed by atoms with Gasteiger partial charge in [-0.3, -0.25) is 4.79 Å². The molecule has 74 valence electrons. The minimum absolute atomic E-state index is 0.0773. The largest absolute Gasteiger partial charge is 0.332 e. The maximum atomic E-state index is 11.4. The molecule has 0 bridgehead atoms. The van der Waals surface area contributed by atoms with Gasteiger partial charge in [-0.2, -0.15) is 0 Å². The fourth-order valence-corrected chi connectivity index (χ4v) is 0.996. The zero-order chi connectivity index (χ0) is 10.3. The molecule has 13 heavy (non-hydrogen) atoms. The topological polar surface area (TPSA) is 46.3 Å². The van der Waals surface area contributed by atoms with Crippen molar-refractivity contribution in [3.63, 3.8) is 0 Å². The lowest BCUT2D eigenvalue weighted by Gasteiger charge is -2.18. The van der Waals surface area contributed by atoms with E-state index in [4.69, 9.17) is 12.2 Å². The summed E-state index contributed by atoms with van der Waals surface area (Å²) in [5.74, 6) is 2.56. The summed E-state index contributed by atoms with van der Waals surface area (Å²) in [6.45, 7) is 4.88. The van der Waals surface area contributed by atoms with Crippen LogP contribution in [0.5, 0.6) is 0 Å². The zero-order valence-corrected chi connectivity index (χ0v) is 8.42. The van der Waals surface area contributed by atoms with Crippen LogP contribution in [0.15, 0.2) is 0 Å². The number of nitrogens with zero attached hydrogens (tertiary/aromatic N) is 1. The van der Waals surface area contributed by atoms with Gasteiger partial charge >= 0.3 is 0 Å². The summed E-state index contributed by atoms with van der Waals surface area (Å²) in [6.07, 6.45) is 6.35. The van der Waals surface area contributed by atoms with Crippen LogP contribution in [0.1, 0.15) is 26.7 Å². The molecule has 0 radical (unpaired) electrons. The van der Waals surface area contributed by atoms with Crippen LogP contribution in [0.4, 0.5) is 0 Å². The minimum atomic E-state index is 0.0773. The molecule has 0 saturated heterocycles. The Bertz CT molecular complexity index is 194. The normalized spacial score (nSPS) is 11.8. The van der Waals surface area contributed by atoms with E-state index in [0.29, 0.717) is 19.5 Å². The number of hydrogen-bond acceptors (Lipinski definition) is 2. The Labute approximate surface area is 80.3 Å². The Morgan fingerprint density at radius 1 is 1.69 bits per heavy atom. The maximum Gasteiger partial charge on any atom is 0.223 e. The highest BCUT2D eigenvalue weighted by Crippen LogP contribution is 1.99. The molecular weight excluding hydrogens is 164 g/mol. The Morgan fingerprint density at radius 2 is 2.31 bits per heavy atom. The molecule has 0 aliphatic rings. The number of carbonyl (C=O) groups excluding carboxylic acids is 1. The van der Waals surface area contributed by atoms with Crippen molar-refractivity contribution in [2.24, 2.45) is 5.73 Å². The molecule has 1 amide bonds. The van der Waals surface area contributed by atoms with Crippen LogP contribution in [0.25, 0.3) is 0 Å². The van der Waals surface area contributed by atoms with Crippen LogP contribution in [0.3, 0.4) is 0 Å². The quantitative estimate of drug-likeness (QED) is 0.633. The Hall–Kier alpha value is -1.01. The lowest BCUT2D eigenvalue weighted by molar-refractivity contribution is -0.130. The van der Waals surface area contributed by atoms with E-state index in [1.54, 1.807) is 4.90 Å². The smallest absolute Gasteiger partial charge is 0.223 e. The van der Waals surface area contributed by atoms with Gasteiger partial charge < -0.3 is 10.6 Å². The fourth-order valence-electron chi connectivity index (χ4n) is 0.996. The highest BCUT2D eigenvalue weighted by atomic mass is 16.2. The Balaban J connectivity index is 3.86. The van der Waals surface area contributed by atoms with Gasteiger partial charge in [0.05, 0.1) is 6.54 Å². The monoisotopic (exact) mass is 182 g/mol. The number of amides is 1. The molecule has 2 N–H and O–H groups in total. The summed E-state index contributed by atoms with van der Waals surface area (Å²) >= 11 is 0. The summed E-state index contributed by atoms with van der Waals surface area (Å²) in [4.78, 5) is 13.1. The molecule has 0 spiro atoms. The molecule has 0 fully saturated rings. The second-order valence-corrected chi connectivity index (χ2v) is 3.13. The molecule has 0 saturated carbocycles. The van der Waals surface area contributed by atoms with Gasteiger partial charge in [-0.1, -0.05) is 5.92 Å². The van der Waals surface area contributed by atoms with Crippen molar-refractivity contribution in [3.8, 4) is 12.3 Å². The van der Waals surface area contributed by atoms with Crippen LogP contribution < -0.4 is 5.73 Å². The third-order valence-corrected chi connectivity index (χ3v) is 1.83. The van der Waals surface area contributed by atoms with Crippen molar-refractivity contribution in [3.05, 3.63) is 0 Å². The van der Waals surface area contributed by atoms with Gasteiger partial charge in [0.1, 0.15) is 0 Å². The number of carbonyl (C=O) groups is 1. The van der Waals surface area contributed by atoms with E-state index in [-0.39, 0.29) is 11.9 Å². The van der Waals surface area contributed by atoms with Crippen molar-refractivity contribution in [2.75, 3.05) is 13.1 Å². The lowest BCUT2D eigenvalue weighted by Crippen LogP contribution is -2.32. The first-order valence-corrected chi connectivity index (χ1v) is 4.58. The molecule has 0 aromatic carbocycles. The van der Waals surface area contributed by atoms with Crippen molar-refractivity contribution < 1.29 is 4.79 Å². The molecule has 0 aliphatic heterocycles. The highest BCUT2D eigenvalue weighted by molar-refractivity contribution is 5.76. The van der Waals surface area contributed by atoms with Gasteiger partial charge in [-0.15, -0.1) is 6.42 Å². The minimum Gasteiger partial charge on any atom is -0.332 e. The maximum absolute atomic E-state index is 11.4. The van der Waals surface area contributed by atoms with Gasteiger partial charge in [0.2, 0.25) is 5.91 Å². The number of nitrogens with two attached hydrogens (primary N) is 1. The number of hydrogen-bond donors (Lipinski definition) is 1. The SMILES string of the molecule is C#CCN(CC)C(=O)CCC(C)N. The van der Waals surface area contributed by atoms with Crippen molar-refractivity contribution in [1.29, 1.82) is 0 Å². The molecular formula is C10H18N2O. The van der Waals surface area contributed by atoms with Gasteiger partial charge in [-0.25, -0.2) is 0 Å². The average Bonchev–Trinajstić information content (AvgIpc) is 2.10. The third kappa shape index (κ3) is 5.26. The third-order valence-electron chi connectivity index (χ3n) is 1.83. The molecule has 3 nitrogen and oxygen atoms in total. The second kappa shape index (κ2) is 6.50. The molecule has 3 heteroatoms. The first-order chi connectivity index (χ1) is 6.11. The van der Waals surface area contributed by atoms with Crippen LogP contribution >= 0.6 is 0 Å². The molecule has 0 rings (SSSR count). The van der Waals surface area contributed by atoms with Crippen molar-refractivity contribution in [1.82, 2.24) is 4.90 Å². The second-order valence-electron chi connectivity index (χ2n) is 3.13. The number of terminal acetylenes is 1. The summed E-state index contributed by atoms with van der Waals surface area (Å²) in [5, 5.41) is 0. The zero-order valence-electron chi connectivity index (χ0n) is 8.42. The number of rotatable bonds is 5. The summed E-state index contributed by atoms with van der Waals surface area (Å²) < 4.78 is 0. The van der Waals surface area contributed by atoms with Crippen LogP contribution in [0, 0.1) is 12.3 Å². The van der Waals surface area contributed by atoms with E-state index < -0.39 is 0 Å². The van der Waals surface area contributed by atoms with Gasteiger partial charge in [0.15, 0.2) is 0 Å². The van der Waals surface area contributed by atoms with E-state index in [9.17, 15) is 4.79 Å². The first kappa shape index (κ1) is 12.0. The predicted octanol–water partition coefficient (Wildman–Crippen LogP) is 0.596. The van der Waals surface area contributed by atoms with Crippen molar-refractivity contribution in [2.45, 2.75) is 32.7 Å². The van der Waals surface area contributed by atoms with E-state index in [1.165, 1.54) is 0 Å². The first-order valence-electron chi connectivity index (χ1n) is 4.58. The highest BCUT2D eigenvalue weighted by Gasteiger charge is 2.10. The summed E-state index contributed by atoms with van der Waals surface area (Å²) in [6, 6.07) is 0.0773. The Morgan fingerprint density at radius 3 is 2.69 bits per heavy atom. The lowest BCUT2D eigenvalue weighted by atomic mass is 10.2. The summed E-state index contributed by atoms with van der Waals surface area (Å²) in [5.41, 5.74) is 5.55. The van der Waals surface area contributed by atoms with E-state index >= 15 is 0 Å². The summed E-state index contributed by atoms with van der Waals surface area (Å²) in [7, 11) is 0. The average molecular weight is 182 g/mol. The molecule has 0 heterocycles. The predicted molar refractivity (Wildman–Crippen MR) is 54.0 cm³/mol. The molecule has 1 unspecified atom stereocenters. The Kier molecular flexibility index (Phi) is 5.99. The van der Waals surface area contributed by atoms with E-state index in [2.05, 4.69) is 5.92 Å². The van der Waals surface area contributed by atoms with Gasteiger partial charge in [-0.05, 0) is 20.3 Å². The fraction of sp³-hybridized carbons (Fsp3) is 0.700. The molecule has 0 aromatic rings. The van der Waals surface area contributed by atoms with Crippen molar-refractivity contribution >= 4 is 5.91 Å². The van der Waals surface area contributed by atoms with Gasteiger partial charge in [0.25, 0.3) is 0 Å². The molecule has 1 atom stereocenters. The van der Waals surface area contributed by atoms with Gasteiger partial charge in [0, 0.05) is 19.0 Å².